The second-order valence-electron chi connectivity index (χ2n) is 8.58. The molecule has 4 rings (SSSR count). The lowest BCUT2D eigenvalue weighted by Gasteiger charge is -2.16. The van der Waals surface area contributed by atoms with Crippen molar-refractivity contribution in [1.82, 2.24) is 14.6 Å². The van der Waals surface area contributed by atoms with Gasteiger partial charge in [0.1, 0.15) is 0 Å². The number of amides is 1. The van der Waals surface area contributed by atoms with Crippen LogP contribution in [0.2, 0.25) is 0 Å². The van der Waals surface area contributed by atoms with E-state index in [-0.39, 0.29) is 18.1 Å². The van der Waals surface area contributed by atoms with Gasteiger partial charge in [0, 0.05) is 48.6 Å². The number of benzene rings is 1. The molecule has 1 atom stereocenters. The predicted octanol–water partition coefficient (Wildman–Crippen LogP) is 3.31. The van der Waals surface area contributed by atoms with E-state index >= 15 is 0 Å². The molecule has 1 aliphatic heterocycles. The van der Waals surface area contributed by atoms with E-state index in [1.165, 1.54) is 6.92 Å². The van der Waals surface area contributed by atoms with Crippen molar-refractivity contribution in [3.8, 4) is 0 Å². The summed E-state index contributed by atoms with van der Waals surface area (Å²) in [4.78, 5) is 43.3. The Morgan fingerprint density at radius 1 is 1.15 bits per heavy atom. The summed E-state index contributed by atoms with van der Waals surface area (Å²) in [6.07, 6.45) is 0.415. The summed E-state index contributed by atoms with van der Waals surface area (Å²) in [5, 5.41) is 4.46. The lowest BCUT2D eigenvalue weighted by Crippen LogP contribution is -2.26. The van der Waals surface area contributed by atoms with E-state index in [9.17, 15) is 14.4 Å². The molecule has 3 aromatic rings. The molecule has 1 unspecified atom stereocenters. The number of ketones is 1. The van der Waals surface area contributed by atoms with Crippen LogP contribution in [0.3, 0.4) is 0 Å². The van der Waals surface area contributed by atoms with Crippen LogP contribution >= 0.6 is 0 Å². The normalized spacial score (nSPS) is 13.8. The Labute approximate surface area is 192 Å². The second kappa shape index (κ2) is 8.77. The van der Waals surface area contributed by atoms with Gasteiger partial charge in [-0.3, -0.25) is 14.4 Å². The number of hydrogen-bond acceptors (Lipinski definition) is 6. The van der Waals surface area contributed by atoms with Crippen LogP contribution in [0.4, 0.5) is 5.69 Å². The number of fused-ring (bicyclic) bond motifs is 2. The monoisotopic (exact) mass is 448 g/mol. The predicted molar refractivity (Wildman–Crippen MR) is 124 cm³/mol. The molecule has 0 saturated carbocycles. The molecule has 172 valence electrons. The molecule has 0 aliphatic carbocycles. The van der Waals surface area contributed by atoms with Gasteiger partial charge in [0.05, 0.1) is 5.69 Å². The van der Waals surface area contributed by atoms with Crippen molar-refractivity contribution in [3.63, 3.8) is 0 Å². The Balaban J connectivity index is 1.40. The molecule has 0 spiro atoms. The largest absolute Gasteiger partial charge is 0.454 e. The molecule has 1 amide bonds. The summed E-state index contributed by atoms with van der Waals surface area (Å²) in [6.45, 7) is 9.53. The zero-order chi connectivity index (χ0) is 23.9. The topological polar surface area (TPSA) is 93.9 Å². The summed E-state index contributed by atoms with van der Waals surface area (Å²) in [5.41, 5.74) is 6.70. The summed E-state index contributed by atoms with van der Waals surface area (Å²) < 4.78 is 7.23. The van der Waals surface area contributed by atoms with Crippen LogP contribution in [0.5, 0.6) is 0 Å². The van der Waals surface area contributed by atoms with Crippen molar-refractivity contribution in [2.24, 2.45) is 0 Å². The van der Waals surface area contributed by atoms with Crippen molar-refractivity contribution < 1.29 is 19.1 Å². The van der Waals surface area contributed by atoms with Gasteiger partial charge < -0.3 is 9.64 Å². The summed E-state index contributed by atoms with van der Waals surface area (Å²) in [5.74, 6) is -0.706. The first-order valence-corrected chi connectivity index (χ1v) is 11.1. The maximum atomic E-state index is 12.8. The molecular formula is C25H28N4O4. The number of ether oxygens (including phenoxy) is 1. The third kappa shape index (κ3) is 4.37. The number of Topliss-reactive ketones (excluding diaryl/α,β-unsaturated/α-hetero) is 1. The minimum Gasteiger partial charge on any atom is -0.454 e. The van der Waals surface area contributed by atoms with Crippen LogP contribution in [0.25, 0.3) is 5.65 Å². The standard InChI is InChI=1S/C25H28N4O4/c1-14-12-23-26-15(2)21(16(3)29(23)27-14)7-9-24(31)33-17(4)25(32)20-6-8-22-19(13-20)10-11-28(22)18(5)30/h6,8,12-13,17H,7,9-11H2,1-5H3. The highest BCUT2D eigenvalue weighted by Crippen LogP contribution is 2.29. The maximum Gasteiger partial charge on any atom is 0.306 e. The number of aryl methyl sites for hydroxylation is 3. The van der Waals surface area contributed by atoms with Crippen molar-refractivity contribution in [2.75, 3.05) is 11.4 Å². The number of anilines is 1. The van der Waals surface area contributed by atoms with Gasteiger partial charge in [-0.15, -0.1) is 0 Å². The summed E-state index contributed by atoms with van der Waals surface area (Å²) in [7, 11) is 0. The Morgan fingerprint density at radius 3 is 2.64 bits per heavy atom. The fourth-order valence-corrected chi connectivity index (χ4v) is 4.46. The smallest absolute Gasteiger partial charge is 0.306 e. The highest BCUT2D eigenvalue weighted by atomic mass is 16.5. The Morgan fingerprint density at radius 2 is 1.91 bits per heavy atom. The van der Waals surface area contributed by atoms with Gasteiger partial charge in [0.15, 0.2) is 11.8 Å². The first kappa shape index (κ1) is 22.6. The number of nitrogens with zero attached hydrogens (tertiary/aromatic N) is 4. The van der Waals surface area contributed by atoms with Gasteiger partial charge in [-0.25, -0.2) is 9.50 Å². The summed E-state index contributed by atoms with van der Waals surface area (Å²) >= 11 is 0. The van der Waals surface area contributed by atoms with Crippen molar-refractivity contribution in [3.05, 3.63) is 58.0 Å². The first-order chi connectivity index (χ1) is 15.7. The van der Waals surface area contributed by atoms with Crippen LogP contribution in [0, 0.1) is 20.8 Å². The lowest BCUT2D eigenvalue weighted by atomic mass is 10.0. The zero-order valence-corrected chi connectivity index (χ0v) is 19.6. The SMILES string of the molecule is CC(=O)N1CCc2cc(C(=O)C(C)OC(=O)CCc3c(C)nc4cc(C)nn4c3C)ccc21. The number of esters is 1. The maximum absolute atomic E-state index is 12.8. The summed E-state index contributed by atoms with van der Waals surface area (Å²) in [6, 6.07) is 7.19. The van der Waals surface area contributed by atoms with Crippen LogP contribution in [0.1, 0.15) is 58.8 Å². The second-order valence-corrected chi connectivity index (χ2v) is 8.58. The molecular weight excluding hydrogens is 420 g/mol. The third-order valence-electron chi connectivity index (χ3n) is 6.18. The Bertz CT molecular complexity index is 1280. The van der Waals surface area contributed by atoms with E-state index in [2.05, 4.69) is 10.1 Å². The molecule has 8 nitrogen and oxygen atoms in total. The fraction of sp³-hybridized carbons (Fsp3) is 0.400. The van der Waals surface area contributed by atoms with E-state index in [1.807, 2.05) is 26.8 Å². The van der Waals surface area contributed by atoms with Crippen molar-refractivity contribution in [2.45, 2.75) is 60.0 Å². The van der Waals surface area contributed by atoms with Crippen LogP contribution < -0.4 is 4.90 Å². The number of hydrogen-bond donors (Lipinski definition) is 0. The van der Waals surface area contributed by atoms with Crippen molar-refractivity contribution in [1.29, 1.82) is 0 Å². The number of rotatable bonds is 6. The number of carbonyl (C=O) groups excluding carboxylic acids is 3. The molecule has 0 N–H and O–H groups in total. The van der Waals surface area contributed by atoms with E-state index in [1.54, 1.807) is 34.5 Å². The van der Waals surface area contributed by atoms with Gasteiger partial charge in [0.25, 0.3) is 0 Å². The highest BCUT2D eigenvalue weighted by molar-refractivity contribution is 6.01. The van der Waals surface area contributed by atoms with E-state index in [0.29, 0.717) is 24.9 Å². The molecule has 1 aliphatic rings. The van der Waals surface area contributed by atoms with Crippen molar-refractivity contribution >= 4 is 29.0 Å². The fourth-order valence-electron chi connectivity index (χ4n) is 4.46. The van der Waals surface area contributed by atoms with Crippen LogP contribution in [-0.4, -0.2) is 44.9 Å². The van der Waals surface area contributed by atoms with Crippen LogP contribution in [0.15, 0.2) is 24.3 Å². The minimum absolute atomic E-state index is 0.0161. The molecule has 0 radical (unpaired) electrons. The Hall–Kier alpha value is -3.55. The molecule has 8 heteroatoms. The molecule has 0 saturated heterocycles. The zero-order valence-electron chi connectivity index (χ0n) is 19.6. The number of carbonyl (C=O) groups is 3. The Kier molecular flexibility index (Phi) is 6.01. The average molecular weight is 449 g/mol. The van der Waals surface area contributed by atoms with E-state index < -0.39 is 12.1 Å². The van der Waals surface area contributed by atoms with Gasteiger partial charge in [-0.2, -0.15) is 5.10 Å². The molecule has 0 fully saturated rings. The van der Waals surface area contributed by atoms with E-state index in [4.69, 9.17) is 4.74 Å². The first-order valence-electron chi connectivity index (χ1n) is 11.1. The van der Waals surface area contributed by atoms with Gasteiger partial charge in [0.2, 0.25) is 11.7 Å². The minimum atomic E-state index is -0.891. The number of aromatic nitrogens is 3. The molecule has 33 heavy (non-hydrogen) atoms. The quantitative estimate of drug-likeness (QED) is 0.424. The third-order valence-corrected chi connectivity index (χ3v) is 6.18. The molecule has 0 bridgehead atoms. The highest BCUT2D eigenvalue weighted by Gasteiger charge is 2.25. The lowest BCUT2D eigenvalue weighted by molar-refractivity contribution is -0.146. The molecule has 3 heterocycles. The van der Waals surface area contributed by atoms with Gasteiger partial charge in [-0.1, -0.05) is 0 Å². The van der Waals surface area contributed by atoms with Crippen LogP contribution in [-0.2, 0) is 27.2 Å². The van der Waals surface area contributed by atoms with Gasteiger partial charge in [-0.05, 0) is 69.9 Å². The molecule has 1 aromatic carbocycles. The molecule has 2 aromatic heterocycles. The average Bonchev–Trinajstić information content (AvgIpc) is 3.35. The van der Waals surface area contributed by atoms with E-state index in [0.717, 1.165) is 39.5 Å². The van der Waals surface area contributed by atoms with Gasteiger partial charge >= 0.3 is 5.97 Å².